The van der Waals surface area contributed by atoms with E-state index < -0.39 is 20.2 Å². The van der Waals surface area contributed by atoms with Crippen LogP contribution in [0.3, 0.4) is 0 Å². The fourth-order valence-electron chi connectivity index (χ4n) is 8.56. The van der Waals surface area contributed by atoms with Gasteiger partial charge in [0.2, 0.25) is 11.8 Å². The van der Waals surface area contributed by atoms with Crippen LogP contribution in [0.1, 0.15) is 75.9 Å². The van der Waals surface area contributed by atoms with Gasteiger partial charge in [0.15, 0.2) is 0 Å². The van der Waals surface area contributed by atoms with E-state index >= 15 is 0 Å². The second-order valence-electron chi connectivity index (χ2n) is 16.1. The Bertz CT molecular complexity index is 2180. The minimum atomic E-state index is -1.72. The summed E-state index contributed by atoms with van der Waals surface area (Å²) in [7, 11) is -0.417. The lowest BCUT2D eigenvalue weighted by molar-refractivity contribution is -0.138. The number of nitrogens with one attached hydrogen (secondary N) is 3. The number of fused-ring (bicyclic) bond motifs is 2. The van der Waals surface area contributed by atoms with Crippen molar-refractivity contribution in [1.82, 2.24) is 40.0 Å². The molecule has 3 N–H and O–H groups in total. The van der Waals surface area contributed by atoms with E-state index in [1.165, 1.54) is 7.11 Å². The molecule has 2 saturated heterocycles. The van der Waals surface area contributed by atoms with E-state index in [0.717, 1.165) is 88.5 Å². The number of alkyl carbamates (subject to hydrolysis) is 1. The number of amides is 3. The largest absolute Gasteiger partial charge is 0.453 e. The molecule has 0 bridgehead atoms. The monoisotopic (exact) mass is 762 g/mol. The van der Waals surface area contributed by atoms with Crippen LogP contribution in [0, 0.1) is 5.92 Å². The molecule has 4 unspecified atom stereocenters. The molecule has 3 aromatic carbocycles. The number of imidazole rings is 2. The Morgan fingerprint density at radius 1 is 0.873 bits per heavy atom. The van der Waals surface area contributed by atoms with Crippen LogP contribution < -0.4 is 5.32 Å². The number of H-pyrrole nitrogens is 2. The quantitative estimate of drug-likeness (QED) is 0.120. The zero-order valence-electron chi connectivity index (χ0n) is 33.1. The highest BCUT2D eigenvalue weighted by molar-refractivity contribution is 6.78. The highest BCUT2D eigenvalue weighted by atomic mass is 28.3. The number of nitrogens with zero attached hydrogens (tertiary/aromatic N) is 5. The van der Waals surface area contributed by atoms with Gasteiger partial charge in [0.05, 0.1) is 49.3 Å². The molecule has 13 heteroatoms. The van der Waals surface area contributed by atoms with Crippen molar-refractivity contribution in [3.8, 4) is 11.1 Å². The maximum atomic E-state index is 14.6. The predicted octanol–water partition coefficient (Wildman–Crippen LogP) is 7.36. The van der Waals surface area contributed by atoms with E-state index in [2.05, 4.69) is 94.5 Å². The summed E-state index contributed by atoms with van der Waals surface area (Å²) in [6.07, 6.45) is 1.81. The number of aromatic amines is 2. The lowest BCUT2D eigenvalue weighted by Crippen LogP contribution is -2.51. The maximum absolute atomic E-state index is 14.6. The number of hydrogen-bond donors (Lipinski definition) is 3. The average Bonchev–Trinajstić information content (AvgIpc) is 3.99. The number of likely N-dealkylation sites (N-methyl/N-ethyl adjacent to an activating group) is 1. The van der Waals surface area contributed by atoms with Gasteiger partial charge in [-0.1, -0.05) is 83.3 Å². The van der Waals surface area contributed by atoms with Crippen LogP contribution in [-0.2, 0) is 14.3 Å². The van der Waals surface area contributed by atoms with Gasteiger partial charge in [0.1, 0.15) is 23.7 Å². The molecule has 0 radical (unpaired) electrons. The summed E-state index contributed by atoms with van der Waals surface area (Å²) in [5.74, 6) is 1.49. The van der Waals surface area contributed by atoms with Gasteiger partial charge in [-0.2, -0.15) is 0 Å². The molecule has 12 nitrogen and oxygen atoms in total. The fraction of sp³-hybridized carbons (Fsp3) is 0.452. The molecule has 2 aliphatic rings. The first-order valence-corrected chi connectivity index (χ1v) is 23.1. The van der Waals surface area contributed by atoms with Crippen LogP contribution in [-0.4, -0.2) is 99.6 Å². The van der Waals surface area contributed by atoms with Crippen LogP contribution in [0.5, 0.6) is 0 Å². The van der Waals surface area contributed by atoms with E-state index in [0.29, 0.717) is 6.54 Å². The zero-order chi connectivity index (χ0) is 39.0. The second kappa shape index (κ2) is 15.6. The Labute approximate surface area is 324 Å². The van der Waals surface area contributed by atoms with Crippen molar-refractivity contribution in [3.63, 3.8) is 0 Å². The molecule has 7 rings (SSSR count). The first kappa shape index (κ1) is 38.3. The molecule has 2 aromatic heterocycles. The number of likely N-dealkylation sites (tertiary alicyclic amines) is 1. The Hall–Kier alpha value is -5.01. The zero-order valence-corrected chi connectivity index (χ0v) is 34.1. The molecule has 5 aromatic rings. The summed E-state index contributed by atoms with van der Waals surface area (Å²) in [5.41, 5.74) is 6.61. The Balaban J connectivity index is 1.14. The average molecular weight is 763 g/mol. The van der Waals surface area contributed by atoms with Crippen molar-refractivity contribution >= 4 is 48.0 Å². The number of carbonyl (C=O) groups excluding carboxylic acids is 3. The Morgan fingerprint density at radius 3 is 2.04 bits per heavy atom. The smallest absolute Gasteiger partial charge is 0.407 e. The minimum Gasteiger partial charge on any atom is -0.453 e. The highest BCUT2D eigenvalue weighted by Gasteiger charge is 2.46. The normalized spacial score (nSPS) is 19.4. The number of ether oxygens (including phenoxy) is 1. The summed E-state index contributed by atoms with van der Waals surface area (Å²) >= 11 is 0. The standard InChI is InChI=1S/C42H54N8O4Si/c1-8-48(9-2)37(27-14-11-10-12-15-27)41(52)50-25-55(6,7)24-35(50)39-44-31-20-18-29(23-33(31)46-39)28-17-19-30-32(22-28)45-38(43-30)34-16-13-21-49(34)40(51)36(26(3)4)47-42(53)54-5/h10-12,14-15,17-20,22-23,26,34-37H,8-9,13,16,21,24-25H2,1-7H3,(H,43,45)(H,44,46)(H,47,53). The number of benzene rings is 3. The van der Waals surface area contributed by atoms with Crippen molar-refractivity contribution in [2.75, 3.05) is 32.9 Å². The van der Waals surface area contributed by atoms with E-state index in [9.17, 15) is 14.4 Å². The molecule has 4 heterocycles. The molecule has 2 aliphatic heterocycles. The highest BCUT2D eigenvalue weighted by Crippen LogP contribution is 2.40. The maximum Gasteiger partial charge on any atom is 0.407 e. The van der Waals surface area contributed by atoms with E-state index in [4.69, 9.17) is 14.7 Å². The van der Waals surface area contributed by atoms with Crippen LogP contribution in [0.4, 0.5) is 4.79 Å². The van der Waals surface area contributed by atoms with Gasteiger partial charge in [-0.3, -0.25) is 14.5 Å². The van der Waals surface area contributed by atoms with Crippen molar-refractivity contribution in [2.45, 2.75) is 83.8 Å². The molecule has 2 fully saturated rings. The van der Waals surface area contributed by atoms with E-state index in [1.54, 1.807) is 0 Å². The van der Waals surface area contributed by atoms with Crippen molar-refractivity contribution in [2.24, 2.45) is 5.92 Å². The summed E-state index contributed by atoms with van der Waals surface area (Å²) in [6.45, 7) is 15.0. The molecule has 0 saturated carbocycles. The summed E-state index contributed by atoms with van der Waals surface area (Å²) in [5, 5.41) is 2.72. The fourth-order valence-corrected chi connectivity index (χ4v) is 11.5. The minimum absolute atomic E-state index is 0.104. The number of methoxy groups -OCH3 is 1. The lowest BCUT2D eigenvalue weighted by Gasteiger charge is -2.34. The SMILES string of the molecule is CCN(CC)C(C(=O)N1C[Si](C)(C)CC1c1nc2ccc(-c3ccc4nc(C5CCCN5C(=O)C(NC(=O)OC)C(C)C)[nH]c4c3)cc2[nH]1)c1ccccc1. The third kappa shape index (κ3) is 7.64. The number of carbonyl (C=O) groups is 3. The van der Waals surface area contributed by atoms with Crippen molar-refractivity contribution < 1.29 is 19.1 Å². The lowest BCUT2D eigenvalue weighted by atomic mass is 10.0. The summed E-state index contributed by atoms with van der Waals surface area (Å²) < 4.78 is 4.79. The number of aromatic nitrogens is 4. The Morgan fingerprint density at radius 2 is 1.47 bits per heavy atom. The molecule has 0 spiro atoms. The third-order valence-corrected chi connectivity index (χ3v) is 14.1. The second-order valence-corrected chi connectivity index (χ2v) is 21.2. The van der Waals surface area contributed by atoms with Gasteiger partial charge in [-0.05, 0) is 78.8 Å². The third-order valence-electron chi connectivity index (χ3n) is 11.4. The molecule has 290 valence electrons. The molecule has 55 heavy (non-hydrogen) atoms. The van der Waals surface area contributed by atoms with E-state index in [1.807, 2.05) is 43.0 Å². The molecular formula is C42H54N8O4Si. The topological polar surface area (TPSA) is 140 Å². The number of rotatable bonds is 11. The molecule has 4 atom stereocenters. The van der Waals surface area contributed by atoms with E-state index in [-0.39, 0.29) is 35.9 Å². The van der Waals surface area contributed by atoms with Gasteiger partial charge in [0.25, 0.3) is 0 Å². The van der Waals surface area contributed by atoms with Crippen LogP contribution >= 0.6 is 0 Å². The van der Waals surface area contributed by atoms with Crippen LogP contribution in [0.25, 0.3) is 33.2 Å². The van der Waals surface area contributed by atoms with Gasteiger partial charge >= 0.3 is 6.09 Å². The predicted molar refractivity (Wildman–Crippen MR) is 218 cm³/mol. The van der Waals surface area contributed by atoms with Gasteiger partial charge in [0, 0.05) is 12.7 Å². The van der Waals surface area contributed by atoms with Crippen LogP contribution in [0.15, 0.2) is 66.7 Å². The Kier molecular flexibility index (Phi) is 10.9. The van der Waals surface area contributed by atoms with Crippen LogP contribution in [0.2, 0.25) is 19.1 Å². The van der Waals surface area contributed by atoms with Crippen molar-refractivity contribution in [1.29, 1.82) is 0 Å². The molecule has 3 amide bonds. The molecule has 0 aliphatic carbocycles. The summed E-state index contributed by atoms with van der Waals surface area (Å²) in [6, 6.07) is 22.2. The number of hydrogen-bond acceptors (Lipinski definition) is 7. The molecular weight excluding hydrogens is 709 g/mol. The van der Waals surface area contributed by atoms with Gasteiger partial charge in [-0.25, -0.2) is 14.8 Å². The van der Waals surface area contributed by atoms with Crippen molar-refractivity contribution in [3.05, 3.63) is 83.9 Å². The first-order chi connectivity index (χ1) is 26.4. The van der Waals surface area contributed by atoms with Gasteiger partial charge in [-0.15, -0.1) is 0 Å². The summed E-state index contributed by atoms with van der Waals surface area (Å²) in [4.78, 5) is 63.7. The van der Waals surface area contributed by atoms with Gasteiger partial charge < -0.3 is 29.8 Å². The first-order valence-electron chi connectivity index (χ1n) is 19.7.